The summed E-state index contributed by atoms with van der Waals surface area (Å²) in [7, 11) is 0. The van der Waals surface area contributed by atoms with Gasteiger partial charge in [-0.3, -0.25) is 0 Å². The zero-order valence-electron chi connectivity index (χ0n) is 7.58. The van der Waals surface area contributed by atoms with Crippen molar-refractivity contribution in [1.82, 2.24) is 0 Å². The summed E-state index contributed by atoms with van der Waals surface area (Å²) in [5, 5.41) is 2.93. The van der Waals surface area contributed by atoms with Crippen LogP contribution in [-0.2, 0) is 4.79 Å². The second-order valence-electron chi connectivity index (χ2n) is 1.91. The van der Waals surface area contributed by atoms with Crippen molar-refractivity contribution < 1.29 is 4.79 Å². The molecule has 12 heavy (non-hydrogen) atoms. The van der Waals surface area contributed by atoms with E-state index in [2.05, 4.69) is 5.32 Å². The fourth-order valence-corrected chi connectivity index (χ4v) is 0.716. The van der Waals surface area contributed by atoms with Crippen molar-refractivity contribution in [2.24, 2.45) is 0 Å². The minimum Gasteiger partial charge on any atom is -0.378 e. The highest BCUT2D eigenvalue weighted by Crippen LogP contribution is 2.02. The number of hydrogen-bond donors (Lipinski definition) is 1. The molecule has 2 nitrogen and oxygen atoms in total. The van der Waals surface area contributed by atoms with Crippen LogP contribution >= 0.6 is 0 Å². The highest BCUT2D eigenvalue weighted by molar-refractivity contribution is 5.58. The summed E-state index contributed by atoms with van der Waals surface area (Å²) in [6.45, 7) is 4.38. The fourth-order valence-electron chi connectivity index (χ4n) is 0.716. The lowest BCUT2D eigenvalue weighted by Crippen LogP contribution is -2.00. The maximum absolute atomic E-state index is 9.92. The molecule has 1 aromatic rings. The minimum absolute atomic E-state index is 0.379. The second kappa shape index (κ2) is 7.79. The molecule has 0 bridgehead atoms. The Balaban J connectivity index is 0.000000561. The van der Waals surface area contributed by atoms with Gasteiger partial charge in [0.2, 0.25) is 0 Å². The molecule has 0 saturated carbocycles. The van der Waals surface area contributed by atoms with E-state index in [1.54, 1.807) is 0 Å². The zero-order valence-corrected chi connectivity index (χ0v) is 7.58. The minimum atomic E-state index is 0.379. The maximum Gasteiger partial charge on any atom is 0.139 e. The Kier molecular flexibility index (Phi) is 6.94. The van der Waals surface area contributed by atoms with E-state index in [1.807, 2.05) is 44.2 Å². The monoisotopic (exact) mass is 165 g/mol. The van der Waals surface area contributed by atoms with Crippen LogP contribution in [0.1, 0.15) is 13.8 Å². The van der Waals surface area contributed by atoms with Crippen molar-refractivity contribution in [1.29, 1.82) is 0 Å². The van der Waals surface area contributed by atoms with Gasteiger partial charge in [-0.25, -0.2) is 0 Å². The fraction of sp³-hybridized carbons (Fsp3) is 0.300. The molecule has 0 aliphatic rings. The molecule has 0 saturated heterocycles. The molecule has 66 valence electrons. The van der Waals surface area contributed by atoms with Gasteiger partial charge in [-0.1, -0.05) is 32.0 Å². The van der Waals surface area contributed by atoms with E-state index in [4.69, 9.17) is 0 Å². The third-order valence-electron chi connectivity index (χ3n) is 1.16. The van der Waals surface area contributed by atoms with E-state index in [1.165, 1.54) is 0 Å². The Hall–Kier alpha value is -1.31. The van der Waals surface area contributed by atoms with Crippen LogP contribution in [0.15, 0.2) is 30.3 Å². The lowest BCUT2D eigenvalue weighted by atomic mass is 10.3. The van der Waals surface area contributed by atoms with Gasteiger partial charge < -0.3 is 10.1 Å². The summed E-state index contributed by atoms with van der Waals surface area (Å²) in [5.41, 5.74) is 0.981. The van der Waals surface area contributed by atoms with Crippen molar-refractivity contribution >= 4 is 12.0 Å². The van der Waals surface area contributed by atoms with E-state index in [0.29, 0.717) is 6.54 Å². The van der Waals surface area contributed by atoms with Crippen molar-refractivity contribution in [2.45, 2.75) is 13.8 Å². The largest absolute Gasteiger partial charge is 0.378 e. The Morgan fingerprint density at radius 2 is 1.83 bits per heavy atom. The van der Waals surface area contributed by atoms with Gasteiger partial charge in [0.05, 0.1) is 6.54 Å². The molecule has 0 aliphatic heterocycles. The number of aldehydes is 1. The number of nitrogens with one attached hydrogen (secondary N) is 1. The molecule has 1 rings (SSSR count). The van der Waals surface area contributed by atoms with Gasteiger partial charge >= 0.3 is 0 Å². The Morgan fingerprint density at radius 3 is 2.33 bits per heavy atom. The Bertz CT molecular complexity index is 196. The zero-order chi connectivity index (χ0) is 9.23. The van der Waals surface area contributed by atoms with Crippen molar-refractivity contribution in [3.8, 4) is 0 Å². The molecule has 0 unspecified atom stereocenters. The Morgan fingerprint density at radius 1 is 1.25 bits per heavy atom. The van der Waals surface area contributed by atoms with Gasteiger partial charge in [0.15, 0.2) is 0 Å². The third-order valence-corrected chi connectivity index (χ3v) is 1.16. The van der Waals surface area contributed by atoms with E-state index < -0.39 is 0 Å². The maximum atomic E-state index is 9.92. The highest BCUT2D eigenvalue weighted by Gasteiger charge is 1.84. The molecule has 0 amide bonds. The number of anilines is 1. The van der Waals surface area contributed by atoms with Crippen LogP contribution in [0.25, 0.3) is 0 Å². The highest BCUT2D eigenvalue weighted by atomic mass is 16.1. The molecule has 0 atom stereocenters. The standard InChI is InChI=1S/C8H9NO.C2H6/c10-7-6-9-8-4-2-1-3-5-8;1-2/h1-5,7,9H,6H2;1-2H3. The quantitative estimate of drug-likeness (QED) is 0.696. The molecule has 0 radical (unpaired) electrons. The van der Waals surface area contributed by atoms with Crippen molar-refractivity contribution in [3.05, 3.63) is 30.3 Å². The molecule has 0 aliphatic carbocycles. The lowest BCUT2D eigenvalue weighted by Gasteiger charge is -1.98. The summed E-state index contributed by atoms with van der Waals surface area (Å²) < 4.78 is 0. The molecule has 2 heteroatoms. The molecular formula is C10H15NO. The number of benzene rings is 1. The summed E-state index contributed by atoms with van der Waals surface area (Å²) in [6.07, 6.45) is 0.840. The predicted molar refractivity (Wildman–Crippen MR) is 52.3 cm³/mol. The molecule has 0 aromatic heterocycles. The molecule has 1 N–H and O–H groups in total. The first-order valence-electron chi connectivity index (χ1n) is 4.16. The van der Waals surface area contributed by atoms with Crippen LogP contribution < -0.4 is 5.32 Å². The SMILES string of the molecule is CC.O=CCNc1ccccc1. The average molecular weight is 165 g/mol. The first-order chi connectivity index (χ1) is 5.93. The van der Waals surface area contributed by atoms with Gasteiger partial charge in [-0.2, -0.15) is 0 Å². The van der Waals surface area contributed by atoms with Gasteiger partial charge in [0.1, 0.15) is 6.29 Å². The van der Waals surface area contributed by atoms with E-state index in [9.17, 15) is 4.79 Å². The van der Waals surface area contributed by atoms with Gasteiger partial charge in [0.25, 0.3) is 0 Å². The normalized spacial score (nSPS) is 7.83. The van der Waals surface area contributed by atoms with E-state index >= 15 is 0 Å². The van der Waals surface area contributed by atoms with Crippen LogP contribution in [0.2, 0.25) is 0 Å². The number of para-hydroxylation sites is 1. The van der Waals surface area contributed by atoms with Crippen LogP contribution in [0, 0.1) is 0 Å². The number of carbonyl (C=O) groups excluding carboxylic acids is 1. The summed E-state index contributed by atoms with van der Waals surface area (Å²) in [6, 6.07) is 9.62. The van der Waals surface area contributed by atoms with Gasteiger partial charge in [0, 0.05) is 5.69 Å². The molecule has 0 spiro atoms. The second-order valence-corrected chi connectivity index (χ2v) is 1.91. The first-order valence-corrected chi connectivity index (χ1v) is 4.16. The smallest absolute Gasteiger partial charge is 0.139 e. The number of hydrogen-bond acceptors (Lipinski definition) is 2. The van der Waals surface area contributed by atoms with E-state index in [0.717, 1.165) is 12.0 Å². The first kappa shape index (κ1) is 10.7. The van der Waals surface area contributed by atoms with Crippen LogP contribution in [-0.4, -0.2) is 12.8 Å². The van der Waals surface area contributed by atoms with Crippen LogP contribution in [0.3, 0.4) is 0 Å². The predicted octanol–water partition coefficient (Wildman–Crippen LogP) is 2.32. The lowest BCUT2D eigenvalue weighted by molar-refractivity contribution is -0.106. The third kappa shape index (κ3) is 4.50. The molecule has 1 aromatic carbocycles. The average Bonchev–Trinajstić information content (AvgIpc) is 2.19. The van der Waals surface area contributed by atoms with Gasteiger partial charge in [-0.15, -0.1) is 0 Å². The van der Waals surface area contributed by atoms with Crippen LogP contribution in [0.5, 0.6) is 0 Å². The van der Waals surface area contributed by atoms with Crippen LogP contribution in [0.4, 0.5) is 5.69 Å². The Labute approximate surface area is 73.6 Å². The number of carbonyl (C=O) groups is 1. The summed E-state index contributed by atoms with van der Waals surface area (Å²) in [4.78, 5) is 9.92. The van der Waals surface area contributed by atoms with E-state index in [-0.39, 0.29) is 0 Å². The summed E-state index contributed by atoms with van der Waals surface area (Å²) in [5.74, 6) is 0. The number of rotatable bonds is 3. The molecular weight excluding hydrogens is 150 g/mol. The molecule has 0 heterocycles. The van der Waals surface area contributed by atoms with Crippen molar-refractivity contribution in [2.75, 3.05) is 11.9 Å². The molecule has 0 fully saturated rings. The van der Waals surface area contributed by atoms with Crippen molar-refractivity contribution in [3.63, 3.8) is 0 Å². The summed E-state index contributed by atoms with van der Waals surface area (Å²) >= 11 is 0. The van der Waals surface area contributed by atoms with Gasteiger partial charge in [-0.05, 0) is 12.1 Å². The topological polar surface area (TPSA) is 29.1 Å².